The van der Waals surface area contributed by atoms with Crippen LogP contribution in [0.1, 0.15) is 38.7 Å². The molecule has 1 N–H and O–H groups in total. The number of hydrogen-bond donors (Lipinski definition) is 1. The molecule has 1 amide bonds. The van der Waals surface area contributed by atoms with Crippen LogP contribution in [-0.4, -0.2) is 46.7 Å². The molecular weight excluding hydrogens is 382 g/mol. The maximum atomic E-state index is 12.4. The topological polar surface area (TPSA) is 81.1 Å². The summed E-state index contributed by atoms with van der Waals surface area (Å²) in [5.74, 6) is 0.494. The number of thioether (sulfide) groups is 1. The fraction of sp³-hybridized carbons (Fsp3) is 0.474. The fourth-order valence-electron chi connectivity index (χ4n) is 3.03. The molecule has 2 aromatic rings. The zero-order valence-electron chi connectivity index (χ0n) is 15.8. The number of sulfone groups is 1. The van der Waals surface area contributed by atoms with Crippen molar-refractivity contribution in [2.45, 2.75) is 49.6 Å². The first kappa shape index (κ1) is 19.9. The lowest BCUT2D eigenvalue weighted by Gasteiger charge is -2.16. The van der Waals surface area contributed by atoms with Crippen molar-refractivity contribution in [3.63, 3.8) is 0 Å². The standard InChI is InChI=1S/C19H25N3O3S2/c1-13(2)15-4-6-17(7-5-15)22-10-9-20-19(22)26-14(3)18(23)21-16-8-11-27(24,25)12-16/h4-7,9-10,13-14,16H,8,11-12H2,1-3H3,(H,21,23)/t14-,16-/m0/s1. The van der Waals surface area contributed by atoms with Gasteiger partial charge in [-0.25, -0.2) is 13.4 Å². The first-order valence-electron chi connectivity index (χ1n) is 9.06. The molecule has 146 valence electrons. The molecule has 1 saturated heterocycles. The molecule has 0 saturated carbocycles. The van der Waals surface area contributed by atoms with Crippen LogP contribution in [0.15, 0.2) is 41.8 Å². The van der Waals surface area contributed by atoms with Gasteiger partial charge in [0.1, 0.15) is 0 Å². The van der Waals surface area contributed by atoms with E-state index in [1.54, 1.807) is 6.20 Å². The van der Waals surface area contributed by atoms with Crippen molar-refractivity contribution < 1.29 is 13.2 Å². The van der Waals surface area contributed by atoms with E-state index in [0.29, 0.717) is 12.3 Å². The van der Waals surface area contributed by atoms with Gasteiger partial charge in [-0.15, -0.1) is 0 Å². The Morgan fingerprint density at radius 1 is 1.26 bits per heavy atom. The van der Waals surface area contributed by atoms with Gasteiger partial charge in [-0.2, -0.15) is 0 Å². The first-order valence-corrected chi connectivity index (χ1v) is 11.8. The quantitative estimate of drug-likeness (QED) is 0.745. The fourth-order valence-corrected chi connectivity index (χ4v) is 5.60. The van der Waals surface area contributed by atoms with E-state index in [4.69, 9.17) is 0 Å². The Labute approximate surface area is 164 Å². The Morgan fingerprint density at radius 3 is 2.56 bits per heavy atom. The normalized spacial score (nSPS) is 19.9. The summed E-state index contributed by atoms with van der Waals surface area (Å²) in [6, 6.07) is 8.02. The monoisotopic (exact) mass is 407 g/mol. The van der Waals surface area contributed by atoms with E-state index in [9.17, 15) is 13.2 Å². The van der Waals surface area contributed by atoms with Crippen molar-refractivity contribution in [1.29, 1.82) is 0 Å². The lowest BCUT2D eigenvalue weighted by molar-refractivity contribution is -0.120. The lowest BCUT2D eigenvalue weighted by Crippen LogP contribution is -2.40. The van der Waals surface area contributed by atoms with Crippen molar-refractivity contribution >= 4 is 27.5 Å². The largest absolute Gasteiger partial charge is 0.351 e. The third kappa shape index (κ3) is 4.93. The minimum absolute atomic E-state index is 0.0347. The highest BCUT2D eigenvalue weighted by Crippen LogP contribution is 2.26. The molecule has 0 aliphatic carbocycles. The molecule has 0 spiro atoms. The van der Waals surface area contributed by atoms with Gasteiger partial charge in [0.05, 0.1) is 16.8 Å². The predicted molar refractivity (Wildman–Crippen MR) is 108 cm³/mol. The second-order valence-corrected chi connectivity index (χ2v) is 10.7. The molecule has 3 rings (SSSR count). The van der Waals surface area contributed by atoms with E-state index >= 15 is 0 Å². The van der Waals surface area contributed by atoms with Crippen LogP contribution in [0.3, 0.4) is 0 Å². The third-order valence-electron chi connectivity index (χ3n) is 4.67. The van der Waals surface area contributed by atoms with Crippen LogP contribution < -0.4 is 5.32 Å². The Balaban J connectivity index is 1.66. The number of benzene rings is 1. The summed E-state index contributed by atoms with van der Waals surface area (Å²) >= 11 is 1.36. The number of imidazole rings is 1. The van der Waals surface area contributed by atoms with Gasteiger partial charge in [-0.3, -0.25) is 9.36 Å². The number of rotatable bonds is 6. The van der Waals surface area contributed by atoms with E-state index in [1.807, 2.05) is 17.7 Å². The Kier molecular flexibility index (Phi) is 5.95. The average molecular weight is 408 g/mol. The minimum Gasteiger partial charge on any atom is -0.351 e. The minimum atomic E-state index is -3.01. The molecule has 0 bridgehead atoms. The Bertz CT molecular complexity index is 905. The van der Waals surface area contributed by atoms with Crippen molar-refractivity contribution in [3.8, 4) is 5.69 Å². The number of nitrogens with zero attached hydrogens (tertiary/aromatic N) is 2. The number of hydrogen-bond acceptors (Lipinski definition) is 5. The zero-order chi connectivity index (χ0) is 19.6. The number of carbonyl (C=O) groups is 1. The van der Waals surface area contributed by atoms with Gasteiger partial charge in [0.25, 0.3) is 0 Å². The molecule has 1 aromatic carbocycles. The highest BCUT2D eigenvalue weighted by atomic mass is 32.2. The number of amides is 1. The summed E-state index contributed by atoms with van der Waals surface area (Å²) in [7, 11) is -3.01. The summed E-state index contributed by atoms with van der Waals surface area (Å²) in [6.07, 6.45) is 4.08. The average Bonchev–Trinajstić information content (AvgIpc) is 3.20. The van der Waals surface area contributed by atoms with Gasteiger partial charge in [0.15, 0.2) is 15.0 Å². The first-order chi connectivity index (χ1) is 12.7. The van der Waals surface area contributed by atoms with Gasteiger partial charge in [0, 0.05) is 24.1 Å². The van der Waals surface area contributed by atoms with Crippen LogP contribution in [0.2, 0.25) is 0 Å². The number of aromatic nitrogens is 2. The van der Waals surface area contributed by atoms with E-state index < -0.39 is 9.84 Å². The molecule has 2 atom stereocenters. The van der Waals surface area contributed by atoms with Gasteiger partial charge in [-0.05, 0) is 37.0 Å². The van der Waals surface area contributed by atoms with Crippen molar-refractivity contribution in [2.24, 2.45) is 0 Å². The van der Waals surface area contributed by atoms with E-state index in [1.165, 1.54) is 17.3 Å². The summed E-state index contributed by atoms with van der Waals surface area (Å²) in [4.78, 5) is 16.8. The van der Waals surface area contributed by atoms with Crippen molar-refractivity contribution in [1.82, 2.24) is 14.9 Å². The van der Waals surface area contributed by atoms with Gasteiger partial charge >= 0.3 is 0 Å². The lowest BCUT2D eigenvalue weighted by atomic mass is 10.0. The molecule has 1 aliphatic heterocycles. The highest BCUT2D eigenvalue weighted by Gasteiger charge is 2.30. The number of nitrogens with one attached hydrogen (secondary N) is 1. The van der Waals surface area contributed by atoms with Crippen LogP contribution in [0.25, 0.3) is 5.69 Å². The molecule has 1 aliphatic rings. The molecule has 1 aromatic heterocycles. The van der Waals surface area contributed by atoms with Crippen molar-refractivity contribution in [2.75, 3.05) is 11.5 Å². The van der Waals surface area contributed by atoms with Crippen LogP contribution in [0, 0.1) is 0 Å². The Hall–Kier alpha value is -1.80. The Morgan fingerprint density at radius 2 is 1.96 bits per heavy atom. The van der Waals surface area contributed by atoms with Crippen LogP contribution >= 0.6 is 11.8 Å². The van der Waals surface area contributed by atoms with E-state index in [2.05, 4.69) is 48.4 Å². The SMILES string of the molecule is CC(C)c1ccc(-n2ccnc2S[C@@H](C)C(=O)N[C@H]2CCS(=O)(=O)C2)cc1. The molecule has 2 heterocycles. The van der Waals surface area contributed by atoms with E-state index in [-0.39, 0.29) is 28.7 Å². The van der Waals surface area contributed by atoms with E-state index in [0.717, 1.165) is 10.8 Å². The van der Waals surface area contributed by atoms with Crippen LogP contribution in [0.4, 0.5) is 0 Å². The smallest absolute Gasteiger partial charge is 0.233 e. The van der Waals surface area contributed by atoms with Crippen molar-refractivity contribution in [3.05, 3.63) is 42.2 Å². The second-order valence-electron chi connectivity index (χ2n) is 7.19. The number of carbonyl (C=O) groups excluding carboxylic acids is 1. The summed E-state index contributed by atoms with van der Waals surface area (Å²) in [5, 5.41) is 3.21. The molecule has 0 radical (unpaired) electrons. The van der Waals surface area contributed by atoms with Crippen LogP contribution in [-0.2, 0) is 14.6 Å². The summed E-state index contributed by atoms with van der Waals surface area (Å²) < 4.78 is 25.0. The maximum absolute atomic E-state index is 12.4. The molecule has 6 nitrogen and oxygen atoms in total. The maximum Gasteiger partial charge on any atom is 0.233 e. The highest BCUT2D eigenvalue weighted by molar-refractivity contribution is 8.00. The predicted octanol–water partition coefficient (Wildman–Crippen LogP) is 2.78. The second kappa shape index (κ2) is 8.06. The van der Waals surface area contributed by atoms with Gasteiger partial charge < -0.3 is 5.32 Å². The zero-order valence-corrected chi connectivity index (χ0v) is 17.4. The molecule has 1 fully saturated rings. The van der Waals surface area contributed by atoms with Crippen LogP contribution in [0.5, 0.6) is 0 Å². The van der Waals surface area contributed by atoms with Gasteiger partial charge in [0.2, 0.25) is 5.91 Å². The third-order valence-corrected chi connectivity index (χ3v) is 7.52. The summed E-state index contributed by atoms with van der Waals surface area (Å²) in [5.41, 5.74) is 2.27. The van der Waals surface area contributed by atoms with Gasteiger partial charge in [-0.1, -0.05) is 37.7 Å². The molecule has 27 heavy (non-hydrogen) atoms. The molecule has 0 unspecified atom stereocenters. The summed E-state index contributed by atoms with van der Waals surface area (Å²) in [6.45, 7) is 6.12. The molecular formula is C19H25N3O3S2. The molecule has 8 heteroatoms.